The maximum absolute atomic E-state index is 12.7. The third kappa shape index (κ3) is 5.16. The quantitative estimate of drug-likeness (QED) is 0.599. The summed E-state index contributed by atoms with van der Waals surface area (Å²) in [5.74, 6) is -0.312. The summed E-state index contributed by atoms with van der Waals surface area (Å²) in [6, 6.07) is 16.1. The van der Waals surface area contributed by atoms with Crippen molar-refractivity contribution in [1.29, 1.82) is 0 Å². The fraction of sp³-hybridized carbons (Fsp3) is 0.238. The number of nitrogens with zero attached hydrogens (tertiary/aromatic N) is 3. The fourth-order valence-corrected chi connectivity index (χ4v) is 3.06. The second-order valence-corrected chi connectivity index (χ2v) is 7.69. The lowest BCUT2D eigenvalue weighted by atomic mass is 10.1. The lowest BCUT2D eigenvalue weighted by Gasteiger charge is -2.21. The third-order valence-corrected chi connectivity index (χ3v) is 5.10. The molecule has 0 aliphatic carbocycles. The van der Waals surface area contributed by atoms with Gasteiger partial charge in [0.25, 0.3) is 5.91 Å². The first kappa shape index (κ1) is 21.3. The van der Waals surface area contributed by atoms with Crippen LogP contribution < -0.4 is 5.32 Å². The van der Waals surface area contributed by atoms with Crippen LogP contribution in [-0.2, 0) is 0 Å². The molecule has 0 saturated carbocycles. The minimum atomic E-state index is -0.312. The number of hydrogen-bond acceptors (Lipinski definition) is 4. The van der Waals surface area contributed by atoms with Gasteiger partial charge in [0, 0.05) is 28.2 Å². The number of likely N-dealkylation sites (N-methyl/N-ethyl adjacent to an activating group) is 1. The van der Waals surface area contributed by atoms with Gasteiger partial charge in [0.15, 0.2) is 5.69 Å². The van der Waals surface area contributed by atoms with E-state index in [0.29, 0.717) is 16.6 Å². The normalized spacial score (nSPS) is 12.2. The van der Waals surface area contributed by atoms with Crippen molar-refractivity contribution in [2.24, 2.45) is 0 Å². The number of hydrogen-bond donors (Lipinski definition) is 2. The van der Waals surface area contributed by atoms with E-state index in [-0.39, 0.29) is 24.2 Å². The van der Waals surface area contributed by atoms with E-state index in [1.54, 1.807) is 35.0 Å². The van der Waals surface area contributed by atoms with Crippen LogP contribution in [0.4, 0.5) is 0 Å². The molecule has 152 valence electrons. The van der Waals surface area contributed by atoms with Crippen molar-refractivity contribution < 1.29 is 9.90 Å². The molecule has 1 amide bonds. The van der Waals surface area contributed by atoms with Crippen LogP contribution in [0.25, 0.3) is 16.9 Å². The second-order valence-electron chi connectivity index (χ2n) is 6.82. The number of carbonyl (C=O) groups excluding carboxylic acids is 1. The molecule has 29 heavy (non-hydrogen) atoms. The number of rotatable bonds is 7. The number of aliphatic hydroxyl groups excluding tert-OH is 1. The number of aromatic nitrogens is 2. The highest BCUT2D eigenvalue weighted by Gasteiger charge is 2.18. The Bertz CT molecular complexity index is 906. The molecule has 1 atom stereocenters. The molecular weight excluding hydrogens is 411 g/mol. The molecule has 2 aromatic carbocycles. The first-order valence-corrected chi connectivity index (χ1v) is 9.82. The van der Waals surface area contributed by atoms with E-state index in [4.69, 9.17) is 23.2 Å². The third-order valence-electron chi connectivity index (χ3n) is 4.59. The van der Waals surface area contributed by atoms with E-state index in [1.807, 2.05) is 43.3 Å². The molecule has 3 aromatic rings. The van der Waals surface area contributed by atoms with Gasteiger partial charge in [-0.1, -0.05) is 35.3 Å². The van der Waals surface area contributed by atoms with E-state index in [9.17, 15) is 9.90 Å². The summed E-state index contributed by atoms with van der Waals surface area (Å²) in [7, 11) is 3.70. The van der Waals surface area contributed by atoms with Crippen molar-refractivity contribution in [3.63, 3.8) is 0 Å². The standard InChI is InChI=1S/C21H22Cl2N4O2/c1-26(2)18(13-28)12-24-21(29)19-11-20(14-3-5-15(22)6-4-14)27(25-19)17-9-7-16(23)8-10-17/h3-11,18,28H,12-13H2,1-2H3,(H,24,29)/t18-/m1/s1. The van der Waals surface area contributed by atoms with E-state index in [0.717, 1.165) is 16.9 Å². The average Bonchev–Trinajstić information content (AvgIpc) is 3.14. The van der Waals surface area contributed by atoms with Crippen LogP contribution >= 0.6 is 23.2 Å². The summed E-state index contributed by atoms with van der Waals surface area (Å²) in [6.45, 7) is 0.259. The summed E-state index contributed by atoms with van der Waals surface area (Å²) in [4.78, 5) is 14.5. The smallest absolute Gasteiger partial charge is 0.271 e. The summed E-state index contributed by atoms with van der Waals surface area (Å²) in [6.07, 6.45) is 0. The SMILES string of the molecule is CN(C)[C@@H](CO)CNC(=O)c1cc(-c2ccc(Cl)cc2)n(-c2ccc(Cl)cc2)n1. The van der Waals surface area contributed by atoms with E-state index in [1.165, 1.54) is 0 Å². The maximum atomic E-state index is 12.7. The highest BCUT2D eigenvalue weighted by atomic mass is 35.5. The minimum absolute atomic E-state index is 0.0531. The molecular formula is C21H22Cl2N4O2. The number of benzene rings is 2. The zero-order valence-corrected chi connectivity index (χ0v) is 17.7. The molecule has 8 heteroatoms. The van der Waals surface area contributed by atoms with Gasteiger partial charge >= 0.3 is 0 Å². The summed E-state index contributed by atoms with van der Waals surface area (Å²) in [5, 5.41) is 18.0. The summed E-state index contributed by atoms with van der Waals surface area (Å²) in [5.41, 5.74) is 2.68. The van der Waals surface area contributed by atoms with E-state index < -0.39 is 0 Å². The van der Waals surface area contributed by atoms with Crippen LogP contribution in [0.3, 0.4) is 0 Å². The maximum Gasteiger partial charge on any atom is 0.271 e. The molecule has 2 N–H and O–H groups in total. The van der Waals surface area contributed by atoms with Gasteiger partial charge in [0.05, 0.1) is 18.0 Å². The van der Waals surface area contributed by atoms with E-state index >= 15 is 0 Å². The van der Waals surface area contributed by atoms with Gasteiger partial charge in [-0.05, 0) is 56.6 Å². The van der Waals surface area contributed by atoms with Crippen LogP contribution in [-0.4, -0.2) is 59.0 Å². The van der Waals surface area contributed by atoms with Crippen molar-refractivity contribution in [3.05, 3.63) is 70.3 Å². The number of halogens is 2. The van der Waals surface area contributed by atoms with Crippen molar-refractivity contribution >= 4 is 29.1 Å². The zero-order valence-electron chi connectivity index (χ0n) is 16.1. The largest absolute Gasteiger partial charge is 0.395 e. The van der Waals surface area contributed by atoms with Crippen molar-refractivity contribution in [2.45, 2.75) is 6.04 Å². The molecule has 0 aliphatic heterocycles. The van der Waals surface area contributed by atoms with Crippen LogP contribution in [0.2, 0.25) is 10.0 Å². The second kappa shape index (κ2) is 9.41. The molecule has 3 rings (SSSR count). The topological polar surface area (TPSA) is 70.4 Å². The number of aliphatic hydroxyl groups is 1. The fourth-order valence-electron chi connectivity index (χ4n) is 2.81. The van der Waals surface area contributed by atoms with Gasteiger partial charge in [-0.25, -0.2) is 4.68 Å². The number of nitrogens with one attached hydrogen (secondary N) is 1. The Labute approximate surface area is 179 Å². The Balaban J connectivity index is 1.94. The average molecular weight is 433 g/mol. The molecule has 0 saturated heterocycles. The Kier molecular flexibility index (Phi) is 6.92. The molecule has 0 bridgehead atoms. The molecule has 0 spiro atoms. The highest BCUT2D eigenvalue weighted by molar-refractivity contribution is 6.30. The van der Waals surface area contributed by atoms with Crippen molar-refractivity contribution in [3.8, 4) is 16.9 Å². The van der Waals surface area contributed by atoms with Gasteiger partial charge in [-0.3, -0.25) is 4.79 Å². The number of carbonyl (C=O) groups is 1. The predicted molar refractivity (Wildman–Crippen MR) is 116 cm³/mol. The Morgan fingerprint density at radius 3 is 2.24 bits per heavy atom. The molecule has 1 heterocycles. The van der Waals surface area contributed by atoms with Crippen molar-refractivity contribution in [2.75, 3.05) is 27.2 Å². The Morgan fingerprint density at radius 2 is 1.69 bits per heavy atom. The lowest BCUT2D eigenvalue weighted by Crippen LogP contribution is -2.42. The highest BCUT2D eigenvalue weighted by Crippen LogP contribution is 2.26. The molecule has 1 aromatic heterocycles. The zero-order chi connectivity index (χ0) is 21.0. The van der Waals surface area contributed by atoms with Gasteiger partial charge in [-0.2, -0.15) is 5.10 Å². The molecule has 0 fully saturated rings. The van der Waals surface area contributed by atoms with Gasteiger partial charge in [-0.15, -0.1) is 0 Å². The van der Waals surface area contributed by atoms with Gasteiger partial charge in [0.2, 0.25) is 0 Å². The van der Waals surface area contributed by atoms with Crippen molar-refractivity contribution in [1.82, 2.24) is 20.0 Å². The van der Waals surface area contributed by atoms with Gasteiger partial charge in [0.1, 0.15) is 0 Å². The Hall–Kier alpha value is -2.38. The minimum Gasteiger partial charge on any atom is -0.395 e. The molecule has 6 nitrogen and oxygen atoms in total. The molecule has 0 radical (unpaired) electrons. The predicted octanol–water partition coefficient (Wildman–Crippen LogP) is 3.50. The first-order valence-electron chi connectivity index (χ1n) is 9.06. The summed E-state index contributed by atoms with van der Waals surface area (Å²) < 4.78 is 1.70. The first-order chi connectivity index (χ1) is 13.9. The molecule has 0 aliphatic rings. The monoisotopic (exact) mass is 432 g/mol. The molecule has 0 unspecified atom stereocenters. The van der Waals surface area contributed by atoms with Gasteiger partial charge < -0.3 is 15.3 Å². The Morgan fingerprint density at radius 1 is 1.10 bits per heavy atom. The van der Waals surface area contributed by atoms with Crippen LogP contribution in [0, 0.1) is 0 Å². The summed E-state index contributed by atoms with van der Waals surface area (Å²) >= 11 is 12.0. The lowest BCUT2D eigenvalue weighted by molar-refractivity contribution is 0.0922. The number of amides is 1. The van der Waals surface area contributed by atoms with E-state index in [2.05, 4.69) is 10.4 Å². The van der Waals surface area contributed by atoms with Crippen LogP contribution in [0.15, 0.2) is 54.6 Å². The van der Waals surface area contributed by atoms with Crippen LogP contribution in [0.1, 0.15) is 10.5 Å². The van der Waals surface area contributed by atoms with Crippen LogP contribution in [0.5, 0.6) is 0 Å².